The molecule has 0 bridgehead atoms. The average Bonchev–Trinajstić information content (AvgIpc) is 3.83. The van der Waals surface area contributed by atoms with Crippen LogP contribution in [0, 0.1) is 6.92 Å². The fraction of sp³-hybridized carbons (Fsp3) is 0.341. The molecule has 326 valence electrons. The highest BCUT2D eigenvalue weighted by atomic mass is 16.8. The largest absolute Gasteiger partial charge is 0.508 e. The van der Waals surface area contributed by atoms with Crippen molar-refractivity contribution in [2.45, 2.75) is 75.6 Å². The molecule has 7 rings (SSSR count). The van der Waals surface area contributed by atoms with Gasteiger partial charge in [-0.15, -0.1) is 0 Å². The van der Waals surface area contributed by atoms with Gasteiger partial charge in [0.1, 0.15) is 54.1 Å². The molecular formula is C44H46N3O15+. The van der Waals surface area contributed by atoms with Gasteiger partial charge in [0.15, 0.2) is 17.2 Å². The lowest BCUT2D eigenvalue weighted by Crippen LogP contribution is -3.08. The number of carboxylic acids is 1. The molecule has 18 heteroatoms. The van der Waals surface area contributed by atoms with Crippen molar-refractivity contribution in [1.82, 2.24) is 5.32 Å². The predicted molar refractivity (Wildman–Crippen MR) is 218 cm³/mol. The van der Waals surface area contributed by atoms with Gasteiger partial charge >= 0.3 is 11.9 Å². The van der Waals surface area contributed by atoms with Crippen molar-refractivity contribution in [2.75, 3.05) is 19.7 Å². The summed E-state index contributed by atoms with van der Waals surface area (Å²) in [5.74, 6) is -3.09. The van der Waals surface area contributed by atoms with E-state index >= 15 is 0 Å². The molecule has 1 saturated heterocycles. The molecule has 8 unspecified atom stereocenters. The molecule has 0 amide bonds. The number of phenols is 1. The van der Waals surface area contributed by atoms with Crippen molar-refractivity contribution in [3.05, 3.63) is 111 Å². The average molecular weight is 857 g/mol. The molecule has 1 aromatic heterocycles. The van der Waals surface area contributed by atoms with E-state index in [1.54, 1.807) is 18.3 Å². The Labute approximate surface area is 353 Å². The molecule has 18 nitrogen and oxygen atoms in total. The number of aliphatic hydroxyl groups excluding tert-OH is 4. The number of nitrogens with one attached hydrogen (secondary N) is 2. The quantitative estimate of drug-likeness (QED) is 0.0225. The summed E-state index contributed by atoms with van der Waals surface area (Å²) in [6.45, 7) is 2.05. The van der Waals surface area contributed by atoms with E-state index in [9.17, 15) is 49.8 Å². The van der Waals surface area contributed by atoms with Gasteiger partial charge in [0.05, 0.1) is 10.9 Å². The molecule has 0 aliphatic carbocycles. The van der Waals surface area contributed by atoms with Gasteiger partial charge in [-0.2, -0.15) is 9.90 Å². The second-order valence-corrected chi connectivity index (χ2v) is 15.0. The molecule has 8 atom stereocenters. The van der Waals surface area contributed by atoms with Crippen LogP contribution in [0.4, 0.5) is 0 Å². The molecule has 0 spiro atoms. The summed E-state index contributed by atoms with van der Waals surface area (Å²) < 4.78 is 23.1. The molecule has 8 N–H and O–H groups in total. The first-order chi connectivity index (χ1) is 29.9. The summed E-state index contributed by atoms with van der Waals surface area (Å²) in [6.07, 6.45) is -4.16. The van der Waals surface area contributed by atoms with E-state index < -0.39 is 55.0 Å². The summed E-state index contributed by atoms with van der Waals surface area (Å²) >= 11 is 0. The zero-order valence-electron chi connectivity index (χ0n) is 33.4. The summed E-state index contributed by atoms with van der Waals surface area (Å²) in [7, 11) is 0. The van der Waals surface area contributed by atoms with E-state index in [4.69, 9.17) is 23.5 Å². The fourth-order valence-corrected chi connectivity index (χ4v) is 7.57. The maximum atomic E-state index is 13.5. The number of benzene rings is 3. The van der Waals surface area contributed by atoms with Crippen LogP contribution in [0.5, 0.6) is 11.5 Å². The minimum Gasteiger partial charge on any atom is -0.508 e. The van der Waals surface area contributed by atoms with Crippen molar-refractivity contribution >= 4 is 41.1 Å². The Bertz CT molecular complexity index is 2460. The second kappa shape index (κ2) is 19.3. The highest BCUT2D eigenvalue weighted by Crippen LogP contribution is 2.33. The number of carbonyl (C=O) groups is 3. The Kier molecular flexibility index (Phi) is 13.7. The molecule has 4 heterocycles. The van der Waals surface area contributed by atoms with E-state index in [2.05, 4.69) is 10.3 Å². The number of carbonyl (C=O) groups excluding carboxylic acids is 2. The number of aromatic hydroxyl groups is 1. The first kappa shape index (κ1) is 44.0. The van der Waals surface area contributed by atoms with Crippen molar-refractivity contribution < 1.29 is 73.6 Å². The number of aliphatic hydroxyl groups is 4. The van der Waals surface area contributed by atoms with Crippen LogP contribution in [-0.4, -0.2) is 118 Å². The van der Waals surface area contributed by atoms with E-state index in [1.165, 1.54) is 36.6 Å². The number of hydrogen-bond acceptors (Lipinski definition) is 16. The Morgan fingerprint density at radius 1 is 1.05 bits per heavy atom. The Morgan fingerprint density at radius 2 is 1.84 bits per heavy atom. The van der Waals surface area contributed by atoms with Crippen LogP contribution in [0.15, 0.2) is 98.5 Å². The number of quaternary nitrogens is 1. The third kappa shape index (κ3) is 9.52. The number of ether oxygens (including phenoxy) is 3. The number of phenolic OH excluding ortho intramolecular Hbond substituents is 1. The Morgan fingerprint density at radius 3 is 2.58 bits per heavy atom. The summed E-state index contributed by atoms with van der Waals surface area (Å²) in [5.41, 5.74) is 5.29. The minimum absolute atomic E-state index is 0.0216. The number of rotatable bonds is 18. The first-order valence-electron chi connectivity index (χ1n) is 19.9. The predicted octanol–water partition coefficient (Wildman–Crippen LogP) is 0.686. The smallest absolute Gasteiger partial charge is 0.337 e. The number of aldehydes is 1. The Balaban J connectivity index is 1.20. The van der Waals surface area contributed by atoms with Crippen LogP contribution < -0.4 is 20.5 Å². The van der Waals surface area contributed by atoms with E-state index in [1.807, 2.05) is 31.2 Å². The number of hydrogen-bond donors (Lipinski definition) is 8. The monoisotopic (exact) mass is 856 g/mol. The minimum atomic E-state index is -2.35. The van der Waals surface area contributed by atoms with E-state index in [-0.39, 0.29) is 59.6 Å². The van der Waals surface area contributed by atoms with E-state index in [0.29, 0.717) is 41.1 Å². The molecule has 1 fully saturated rings. The molecule has 0 radical (unpaired) electrons. The zero-order chi connectivity index (χ0) is 44.1. The van der Waals surface area contributed by atoms with Gasteiger partial charge in [-0.1, -0.05) is 23.8 Å². The number of hydroxylamine groups is 2. The lowest BCUT2D eigenvalue weighted by Gasteiger charge is -2.42. The number of allylic oxidation sites excluding steroid dienone is 1. The van der Waals surface area contributed by atoms with Crippen LogP contribution in [0.2, 0.25) is 0 Å². The van der Waals surface area contributed by atoms with E-state index in [0.717, 1.165) is 28.7 Å². The molecular weight excluding hydrogens is 810 g/mol. The number of esters is 1. The zero-order valence-corrected chi connectivity index (χ0v) is 33.4. The summed E-state index contributed by atoms with van der Waals surface area (Å²) in [5, 5.41) is 65.8. The van der Waals surface area contributed by atoms with Gasteiger partial charge in [-0.3, -0.25) is 10.1 Å². The van der Waals surface area contributed by atoms with Gasteiger partial charge in [0.25, 0.3) is 0 Å². The van der Waals surface area contributed by atoms with Gasteiger partial charge in [-0.25, -0.2) is 14.6 Å². The van der Waals surface area contributed by atoms with Crippen molar-refractivity contribution in [3.63, 3.8) is 0 Å². The molecule has 4 aromatic rings. The van der Waals surface area contributed by atoms with Crippen LogP contribution in [0.1, 0.15) is 36.0 Å². The van der Waals surface area contributed by atoms with Crippen LogP contribution >= 0.6 is 0 Å². The summed E-state index contributed by atoms with van der Waals surface area (Å²) in [6, 6.07) is 14.3. The summed E-state index contributed by atoms with van der Waals surface area (Å²) in [4.78, 5) is 60.2. The highest BCUT2D eigenvalue weighted by molar-refractivity contribution is 5.98. The maximum absolute atomic E-state index is 13.5. The lowest BCUT2D eigenvalue weighted by atomic mass is 9.98. The fourth-order valence-electron chi connectivity index (χ4n) is 7.57. The third-order valence-electron chi connectivity index (χ3n) is 10.6. The normalized spacial score (nSPS) is 22.9. The molecule has 0 saturated carbocycles. The molecule has 3 aliphatic heterocycles. The van der Waals surface area contributed by atoms with Gasteiger partial charge in [-0.05, 0) is 79.8 Å². The number of unbranched alkanes of at least 4 members (excludes halogenated alkanes) is 1. The van der Waals surface area contributed by atoms with Gasteiger partial charge in [0.2, 0.25) is 24.7 Å². The van der Waals surface area contributed by atoms with Crippen molar-refractivity contribution in [1.29, 1.82) is 0 Å². The van der Waals surface area contributed by atoms with Gasteiger partial charge in [0, 0.05) is 43.0 Å². The third-order valence-corrected chi connectivity index (χ3v) is 10.6. The standard InChI is InChI=1S/C44H45N3O15/c1-23-17-24(5-2-3-15-48)19-27(18-23)35-33-26(12-14-46-33)21-47(35)62-40-38(53)37(52)39(43(57)61-42(56)34(41(54)55)45-13-4-16-49)60-44(40)59-29-10-11-30-32(20-29)58-22-31(36(30)51)25-6-8-28(50)9-7-25/h6-12,14,16-20,22,34,37-40,43-45,48,50,52-53,57H,2-5,13,15,21H2,1H3,(H,54,55)/p+1. The molecule has 3 aromatic carbocycles. The highest BCUT2D eigenvalue weighted by Gasteiger charge is 2.54. The number of carboxylic acid groups (broad SMARTS) is 1. The topological polar surface area (TPSA) is 269 Å². The SMILES string of the molecule is Cc1cc(CCCCO)cc(C2=C3N=CC=C3C[NH+]2OC2C(Oc3ccc4c(=O)c(-c5ccc(O)cc5)coc4c3)OC(C(O)OC(=O)C(NCCC=O)C(=O)O)C(O)C2O)c1. The lowest BCUT2D eigenvalue weighted by molar-refractivity contribution is -1.04. The number of aliphatic imine (C=N–C) groups is 1. The number of fused-ring (bicyclic) bond motifs is 2. The Hall–Kier alpha value is -6.09. The van der Waals surface area contributed by atoms with Crippen LogP contribution in [-0.2, 0) is 35.1 Å². The van der Waals surface area contributed by atoms with Crippen LogP contribution in [0.3, 0.4) is 0 Å². The van der Waals surface area contributed by atoms with Crippen molar-refractivity contribution in [3.8, 4) is 22.6 Å². The molecule has 3 aliphatic rings. The maximum Gasteiger partial charge on any atom is 0.337 e. The van der Waals surface area contributed by atoms with Crippen molar-refractivity contribution in [2.24, 2.45) is 4.99 Å². The number of aryl methyl sites for hydroxylation is 2. The first-order valence-corrected chi connectivity index (χ1v) is 19.9. The van der Waals surface area contributed by atoms with Crippen LogP contribution in [0.25, 0.3) is 27.8 Å². The molecule has 62 heavy (non-hydrogen) atoms. The second-order valence-electron chi connectivity index (χ2n) is 15.0. The number of nitrogens with zero attached hydrogens (tertiary/aromatic N) is 1. The number of aliphatic carboxylic acids is 1. The van der Waals surface area contributed by atoms with Gasteiger partial charge < -0.3 is 54.1 Å².